The first kappa shape index (κ1) is 24.4. The zero-order valence-electron chi connectivity index (χ0n) is 18.8. The summed E-state index contributed by atoms with van der Waals surface area (Å²) in [6.45, 7) is 9.16. The van der Waals surface area contributed by atoms with Crippen LogP contribution in [0.1, 0.15) is 48.0 Å². The largest absolute Gasteiger partial charge is 0.548 e. The molecule has 9 nitrogen and oxygen atoms in total. The van der Waals surface area contributed by atoms with E-state index >= 15 is 0 Å². The Balaban J connectivity index is 1.68. The maximum Gasteiger partial charge on any atom is 0.256 e. The predicted octanol–water partition coefficient (Wildman–Crippen LogP) is 4.41. The summed E-state index contributed by atoms with van der Waals surface area (Å²) in [4.78, 5) is 7.12. The minimum atomic E-state index is -3.76. The highest BCUT2D eigenvalue weighted by Crippen LogP contribution is 2.41. The third-order valence-corrected chi connectivity index (χ3v) is 10.9. The van der Waals surface area contributed by atoms with Gasteiger partial charge in [-0.3, -0.25) is 4.99 Å². The molecule has 1 fully saturated rings. The van der Waals surface area contributed by atoms with Crippen LogP contribution in [0.2, 0.25) is 0 Å². The number of nitrogens with zero attached hydrogens (tertiary/aromatic N) is 3. The first-order chi connectivity index (χ1) is 15.6. The molecule has 13 heteroatoms. The van der Waals surface area contributed by atoms with Crippen LogP contribution >= 0.6 is 33.8 Å². The zero-order valence-corrected chi connectivity index (χ0v) is 22.1. The number of aromatic amines is 1. The molecule has 0 radical (unpaired) electrons. The Kier molecular flexibility index (Phi) is 6.99. The van der Waals surface area contributed by atoms with E-state index in [1.807, 2.05) is 0 Å². The molecule has 1 saturated heterocycles. The molecule has 1 unspecified atom stereocenters. The fourth-order valence-electron chi connectivity index (χ4n) is 3.66. The lowest BCUT2D eigenvalue weighted by Crippen LogP contribution is -2.27. The van der Waals surface area contributed by atoms with Gasteiger partial charge in [-0.25, -0.2) is 8.42 Å². The minimum Gasteiger partial charge on any atom is -0.548 e. The molecule has 1 aliphatic heterocycles. The highest BCUT2D eigenvalue weighted by Gasteiger charge is 2.32. The van der Waals surface area contributed by atoms with Crippen molar-refractivity contribution in [3.63, 3.8) is 0 Å². The van der Waals surface area contributed by atoms with Gasteiger partial charge >= 0.3 is 0 Å². The number of aryl methyl sites for hydroxylation is 2. The Morgan fingerprint density at radius 2 is 2.03 bits per heavy atom. The second-order valence-electron chi connectivity index (χ2n) is 8.37. The molecule has 3 N–H and O–H groups in total. The second-order valence-corrected chi connectivity index (χ2v) is 13.6. The highest BCUT2D eigenvalue weighted by atomic mass is 32.2. The summed E-state index contributed by atoms with van der Waals surface area (Å²) in [5, 5.41) is 15.1. The van der Waals surface area contributed by atoms with E-state index in [2.05, 4.69) is 47.8 Å². The van der Waals surface area contributed by atoms with Crippen LogP contribution < -0.4 is 10.8 Å². The van der Waals surface area contributed by atoms with E-state index in [0.717, 1.165) is 29.1 Å². The van der Waals surface area contributed by atoms with Gasteiger partial charge in [0, 0.05) is 32.6 Å². The van der Waals surface area contributed by atoms with Crippen LogP contribution in [-0.2, 0) is 10.0 Å². The summed E-state index contributed by atoms with van der Waals surface area (Å²) >= 11 is 0.906. The second kappa shape index (κ2) is 9.47. The van der Waals surface area contributed by atoms with Crippen molar-refractivity contribution in [3.05, 3.63) is 32.3 Å². The number of H-pyrrole nitrogens is 1. The van der Waals surface area contributed by atoms with Gasteiger partial charge in [0.15, 0.2) is 21.1 Å². The van der Waals surface area contributed by atoms with E-state index in [4.69, 9.17) is 4.99 Å². The summed E-state index contributed by atoms with van der Waals surface area (Å²) in [7, 11) is -3.76. The Morgan fingerprint density at radius 3 is 2.64 bits per heavy atom. The molecule has 33 heavy (non-hydrogen) atoms. The van der Waals surface area contributed by atoms with E-state index in [1.165, 1.54) is 20.1 Å². The molecule has 4 rings (SSSR count). The maximum atomic E-state index is 12.9. The Labute approximate surface area is 204 Å². The minimum absolute atomic E-state index is 0.109. The molecule has 0 saturated carbocycles. The summed E-state index contributed by atoms with van der Waals surface area (Å²) < 4.78 is 46.0. The predicted molar refractivity (Wildman–Crippen MR) is 131 cm³/mol. The van der Waals surface area contributed by atoms with Crippen molar-refractivity contribution in [1.29, 1.82) is 0 Å². The lowest BCUT2D eigenvalue weighted by atomic mass is 10.0. The molecule has 0 aliphatic carbocycles. The molecule has 1 aliphatic rings. The average molecular weight is 530 g/mol. The van der Waals surface area contributed by atoms with Gasteiger partial charge in [0.05, 0.1) is 11.7 Å². The standard InChI is InChI=1S/C20H27N5O4S4/c1-11(2)16(15-9-12(3)13(4)31-15)22-19-18(23-32(27)24-19)21-14-10-30-20(17(14)26)33(28,29)25-7-5-6-8-25/h9-11,16,26H,5-8H2,1-4H3,(H,21,23)(H,22,24)/t16-,32?/m1/s1. The molecule has 0 bridgehead atoms. The van der Waals surface area contributed by atoms with Crippen LogP contribution in [0, 0.1) is 19.8 Å². The van der Waals surface area contributed by atoms with E-state index in [-0.39, 0.29) is 33.4 Å². The molecule has 4 heterocycles. The fourth-order valence-corrected chi connectivity index (χ4v) is 8.46. The topological polar surface area (TPSA) is 134 Å². The zero-order chi connectivity index (χ0) is 23.9. The fraction of sp³-hybridized carbons (Fsp3) is 0.500. The molecular formula is C20H27N5O4S4. The van der Waals surface area contributed by atoms with Crippen molar-refractivity contribution in [2.45, 2.75) is 50.8 Å². The molecule has 0 spiro atoms. The first-order valence-electron chi connectivity index (χ1n) is 10.6. The number of hydrogen-bond donors (Lipinski definition) is 3. The smallest absolute Gasteiger partial charge is 0.256 e. The van der Waals surface area contributed by atoms with Crippen LogP contribution in [0.15, 0.2) is 20.6 Å². The number of aromatic hydroxyl groups is 1. The first-order valence-corrected chi connectivity index (χ1v) is 14.8. The summed E-state index contributed by atoms with van der Waals surface area (Å²) in [5.74, 6) is 0.0116. The summed E-state index contributed by atoms with van der Waals surface area (Å²) in [6, 6.07) is 1.94. The van der Waals surface area contributed by atoms with E-state index in [9.17, 15) is 18.1 Å². The Bertz CT molecular complexity index is 1290. The van der Waals surface area contributed by atoms with Gasteiger partial charge in [-0.2, -0.15) is 4.31 Å². The number of sulfonamides is 1. The highest BCUT2D eigenvalue weighted by molar-refractivity contribution is 7.91. The van der Waals surface area contributed by atoms with Crippen LogP contribution in [0.4, 0.5) is 11.5 Å². The Morgan fingerprint density at radius 1 is 1.33 bits per heavy atom. The molecule has 3 aromatic rings. The third kappa shape index (κ3) is 4.88. The van der Waals surface area contributed by atoms with Gasteiger partial charge in [0.2, 0.25) is 11.3 Å². The monoisotopic (exact) mass is 529 g/mol. The van der Waals surface area contributed by atoms with Gasteiger partial charge in [-0.05, 0) is 44.2 Å². The molecule has 3 aromatic heterocycles. The van der Waals surface area contributed by atoms with Crippen molar-refractivity contribution in [2.75, 3.05) is 18.4 Å². The van der Waals surface area contributed by atoms with Crippen molar-refractivity contribution in [1.82, 2.24) is 13.1 Å². The summed E-state index contributed by atoms with van der Waals surface area (Å²) in [5.41, 5.74) is 1.70. The van der Waals surface area contributed by atoms with Crippen LogP contribution in [0.25, 0.3) is 0 Å². The van der Waals surface area contributed by atoms with Gasteiger partial charge < -0.3 is 15.0 Å². The van der Waals surface area contributed by atoms with E-state index < -0.39 is 21.2 Å². The van der Waals surface area contributed by atoms with Crippen LogP contribution in [-0.4, -0.2) is 44.2 Å². The maximum absolute atomic E-state index is 12.9. The average Bonchev–Trinajstić information content (AvgIpc) is 3.51. The van der Waals surface area contributed by atoms with Gasteiger partial charge in [-0.15, -0.1) is 27.0 Å². The molecule has 180 valence electrons. The molecule has 0 amide bonds. The lowest BCUT2D eigenvalue weighted by Gasteiger charge is -2.14. The van der Waals surface area contributed by atoms with E-state index in [1.54, 1.807) is 11.3 Å². The van der Waals surface area contributed by atoms with Crippen molar-refractivity contribution in [3.8, 4) is 5.75 Å². The normalized spacial score (nSPS) is 17.3. The number of thiophene rings is 2. The molecule has 2 atom stereocenters. The molecule has 0 aromatic carbocycles. The number of anilines is 2. The lowest BCUT2D eigenvalue weighted by molar-refractivity contribution is 0.451. The number of aromatic nitrogens is 2. The Hall–Kier alpha value is -1.77. The number of nitrogens with one attached hydrogen (secondary N) is 2. The SMILES string of the molecule is Cc1cc([C@H](N=c2[nH][s+]([O-])nc2Nc2csc(S(=O)(=O)N3CCCC3)c2O)C(C)C)sc1C. The van der Waals surface area contributed by atoms with Gasteiger partial charge in [0.1, 0.15) is 0 Å². The van der Waals surface area contributed by atoms with E-state index in [0.29, 0.717) is 18.6 Å². The van der Waals surface area contributed by atoms with Gasteiger partial charge in [-0.1, -0.05) is 13.8 Å². The number of hydrogen-bond acceptors (Lipinski definition) is 9. The van der Waals surface area contributed by atoms with Crippen molar-refractivity contribution < 1.29 is 18.1 Å². The molecular weight excluding hydrogens is 503 g/mol. The number of rotatable bonds is 7. The quantitative estimate of drug-likeness (QED) is 0.388. The van der Waals surface area contributed by atoms with Crippen molar-refractivity contribution in [2.24, 2.45) is 10.9 Å². The van der Waals surface area contributed by atoms with Crippen molar-refractivity contribution >= 4 is 55.3 Å². The van der Waals surface area contributed by atoms with Gasteiger partial charge in [0.25, 0.3) is 10.0 Å². The van der Waals surface area contributed by atoms with Crippen LogP contribution in [0.5, 0.6) is 5.75 Å². The summed E-state index contributed by atoms with van der Waals surface area (Å²) in [6.07, 6.45) is 1.62. The third-order valence-electron chi connectivity index (χ3n) is 5.58. The van der Waals surface area contributed by atoms with Crippen LogP contribution in [0.3, 0.4) is 0 Å².